The second-order valence-corrected chi connectivity index (χ2v) is 4.23. The number of nitrogens with one attached hydrogen (secondary N) is 1. The molecule has 0 spiro atoms. The molecule has 19 heavy (non-hydrogen) atoms. The summed E-state index contributed by atoms with van der Waals surface area (Å²) in [5, 5.41) is 9.09. The highest BCUT2D eigenvalue weighted by Gasteiger charge is 2.38. The normalized spacial score (nSPS) is 26.3. The molecule has 104 valence electrons. The van der Waals surface area contributed by atoms with Gasteiger partial charge in [0.1, 0.15) is 6.10 Å². The second kappa shape index (κ2) is 5.37. The maximum Gasteiger partial charge on any atom is 0.330 e. The van der Waals surface area contributed by atoms with Crippen LogP contribution in [0.2, 0.25) is 0 Å². The number of ether oxygens (including phenoxy) is 2. The first kappa shape index (κ1) is 13.5. The Hall–Kier alpha value is -1.93. The topological polar surface area (TPSA) is 111 Å². The predicted octanol–water partition coefficient (Wildman–Crippen LogP) is -1.25. The molecule has 0 aliphatic carbocycles. The zero-order valence-corrected chi connectivity index (χ0v) is 10.2. The quantitative estimate of drug-likeness (QED) is 0.664. The minimum Gasteiger partial charge on any atom is -0.458 e. The number of carbonyl (C=O) groups is 1. The number of esters is 1. The molecule has 1 aliphatic heterocycles. The van der Waals surface area contributed by atoms with Gasteiger partial charge in [-0.15, -0.1) is 0 Å². The van der Waals surface area contributed by atoms with Crippen LogP contribution in [0.1, 0.15) is 19.6 Å². The zero-order valence-electron chi connectivity index (χ0n) is 10.2. The average molecular weight is 270 g/mol. The molecular formula is C11H14N2O6. The van der Waals surface area contributed by atoms with E-state index >= 15 is 0 Å². The van der Waals surface area contributed by atoms with E-state index in [0.717, 1.165) is 4.57 Å². The molecule has 8 nitrogen and oxygen atoms in total. The van der Waals surface area contributed by atoms with Crippen LogP contribution in [0.3, 0.4) is 0 Å². The van der Waals surface area contributed by atoms with Gasteiger partial charge in [-0.1, -0.05) is 0 Å². The van der Waals surface area contributed by atoms with E-state index in [4.69, 9.17) is 14.6 Å². The average Bonchev–Trinajstić information content (AvgIpc) is 2.71. The standard InChI is InChI=1S/C11H14N2O6/c1-6(15)18-8-4-7(5-14)19-10(8)13-3-2-9(16)12-11(13)17/h2-3,7-8,10,14H,4-5H2,1H3,(H,12,16,17)/t7-,8?,10+/m1/s1. The van der Waals surface area contributed by atoms with Gasteiger partial charge in [0, 0.05) is 25.6 Å². The summed E-state index contributed by atoms with van der Waals surface area (Å²) in [5.74, 6) is -0.505. The maximum atomic E-state index is 11.7. The number of nitrogens with zero attached hydrogens (tertiary/aromatic N) is 1. The van der Waals surface area contributed by atoms with Crippen LogP contribution < -0.4 is 11.2 Å². The van der Waals surface area contributed by atoms with Crippen LogP contribution in [-0.4, -0.2) is 39.4 Å². The molecule has 0 radical (unpaired) electrons. The van der Waals surface area contributed by atoms with Crippen molar-refractivity contribution in [3.63, 3.8) is 0 Å². The number of aliphatic hydroxyl groups excluding tert-OH is 1. The molecule has 1 fully saturated rings. The predicted molar refractivity (Wildman–Crippen MR) is 62.5 cm³/mol. The van der Waals surface area contributed by atoms with Gasteiger partial charge in [-0.3, -0.25) is 19.1 Å². The molecule has 1 aromatic heterocycles. The molecule has 1 saturated heterocycles. The van der Waals surface area contributed by atoms with E-state index in [0.29, 0.717) is 0 Å². The van der Waals surface area contributed by atoms with Gasteiger partial charge < -0.3 is 14.6 Å². The Morgan fingerprint density at radius 2 is 2.37 bits per heavy atom. The molecule has 0 aromatic carbocycles. The molecule has 2 rings (SSSR count). The Bertz CT molecular complexity index is 577. The minimum atomic E-state index is -0.856. The highest BCUT2D eigenvalue weighted by Crippen LogP contribution is 2.29. The molecule has 0 saturated carbocycles. The molecule has 2 N–H and O–H groups in total. The van der Waals surface area contributed by atoms with Crippen molar-refractivity contribution >= 4 is 5.97 Å². The second-order valence-electron chi connectivity index (χ2n) is 4.23. The molecule has 1 unspecified atom stereocenters. The van der Waals surface area contributed by atoms with E-state index < -0.39 is 35.7 Å². The van der Waals surface area contributed by atoms with Crippen molar-refractivity contribution < 1.29 is 19.4 Å². The largest absolute Gasteiger partial charge is 0.458 e. The summed E-state index contributed by atoms with van der Waals surface area (Å²) in [4.78, 5) is 35.8. The molecule has 8 heteroatoms. The maximum absolute atomic E-state index is 11.7. The molecular weight excluding hydrogens is 256 g/mol. The van der Waals surface area contributed by atoms with Gasteiger partial charge >= 0.3 is 11.7 Å². The van der Waals surface area contributed by atoms with Crippen molar-refractivity contribution in [2.45, 2.75) is 31.8 Å². The van der Waals surface area contributed by atoms with E-state index in [-0.39, 0.29) is 13.0 Å². The highest BCUT2D eigenvalue weighted by atomic mass is 16.6. The van der Waals surface area contributed by atoms with E-state index in [1.807, 2.05) is 0 Å². The van der Waals surface area contributed by atoms with Crippen LogP contribution >= 0.6 is 0 Å². The lowest BCUT2D eigenvalue weighted by Gasteiger charge is -2.19. The summed E-state index contributed by atoms with van der Waals surface area (Å²) in [6, 6.07) is 1.17. The summed E-state index contributed by atoms with van der Waals surface area (Å²) >= 11 is 0. The van der Waals surface area contributed by atoms with Crippen molar-refractivity contribution in [1.29, 1.82) is 0 Å². The number of aromatic amines is 1. The van der Waals surface area contributed by atoms with E-state index in [1.54, 1.807) is 0 Å². The first-order valence-corrected chi connectivity index (χ1v) is 5.76. The third kappa shape index (κ3) is 2.91. The summed E-state index contributed by atoms with van der Waals surface area (Å²) < 4.78 is 11.6. The van der Waals surface area contributed by atoms with Crippen molar-refractivity contribution in [3.8, 4) is 0 Å². The monoisotopic (exact) mass is 270 g/mol. The molecule has 0 bridgehead atoms. The van der Waals surface area contributed by atoms with Crippen LogP contribution in [-0.2, 0) is 14.3 Å². The number of aromatic nitrogens is 2. The third-order valence-corrected chi connectivity index (χ3v) is 2.79. The molecule has 3 atom stereocenters. The third-order valence-electron chi connectivity index (χ3n) is 2.79. The van der Waals surface area contributed by atoms with Gasteiger partial charge in [-0.2, -0.15) is 0 Å². The summed E-state index contributed by atoms with van der Waals surface area (Å²) in [7, 11) is 0. The van der Waals surface area contributed by atoms with E-state index in [1.165, 1.54) is 19.2 Å². The number of rotatable bonds is 3. The van der Waals surface area contributed by atoms with Gasteiger partial charge in [-0.05, 0) is 0 Å². The number of aliphatic hydroxyl groups is 1. The van der Waals surface area contributed by atoms with Crippen molar-refractivity contribution in [3.05, 3.63) is 33.1 Å². The van der Waals surface area contributed by atoms with Crippen LogP contribution in [0.25, 0.3) is 0 Å². The van der Waals surface area contributed by atoms with Crippen LogP contribution in [0.4, 0.5) is 0 Å². The van der Waals surface area contributed by atoms with Crippen LogP contribution in [0, 0.1) is 0 Å². The van der Waals surface area contributed by atoms with Gasteiger partial charge in [-0.25, -0.2) is 4.79 Å². The Morgan fingerprint density at radius 1 is 1.63 bits per heavy atom. The van der Waals surface area contributed by atoms with Crippen LogP contribution in [0.5, 0.6) is 0 Å². The Kier molecular flexibility index (Phi) is 3.82. The van der Waals surface area contributed by atoms with Crippen molar-refractivity contribution in [1.82, 2.24) is 9.55 Å². The minimum absolute atomic E-state index is 0.244. The van der Waals surface area contributed by atoms with Gasteiger partial charge in [0.15, 0.2) is 6.23 Å². The highest BCUT2D eigenvalue weighted by molar-refractivity contribution is 5.66. The lowest BCUT2D eigenvalue weighted by molar-refractivity contribution is -0.152. The Morgan fingerprint density at radius 3 is 2.95 bits per heavy atom. The fraction of sp³-hybridized carbons (Fsp3) is 0.545. The van der Waals surface area contributed by atoms with Gasteiger partial charge in [0.25, 0.3) is 5.56 Å². The van der Waals surface area contributed by atoms with Gasteiger partial charge in [0.2, 0.25) is 0 Å². The van der Waals surface area contributed by atoms with Crippen LogP contribution in [0.15, 0.2) is 21.9 Å². The fourth-order valence-electron chi connectivity index (χ4n) is 2.03. The van der Waals surface area contributed by atoms with Crippen molar-refractivity contribution in [2.75, 3.05) is 6.61 Å². The van der Waals surface area contributed by atoms with Gasteiger partial charge in [0.05, 0.1) is 12.7 Å². The zero-order chi connectivity index (χ0) is 14.0. The Balaban J connectivity index is 2.31. The number of hydrogen-bond donors (Lipinski definition) is 2. The smallest absolute Gasteiger partial charge is 0.330 e. The number of hydrogen-bond acceptors (Lipinski definition) is 6. The SMILES string of the molecule is CC(=O)OC1C[C@H](CO)O[C@@H]1n1ccc(=O)[nH]c1=O. The lowest BCUT2D eigenvalue weighted by atomic mass is 10.2. The lowest BCUT2D eigenvalue weighted by Crippen LogP contribution is -2.36. The van der Waals surface area contributed by atoms with E-state index in [9.17, 15) is 14.4 Å². The summed E-state index contributed by atoms with van der Waals surface area (Å²) in [5.41, 5.74) is -1.18. The molecule has 0 amide bonds. The molecule has 1 aromatic rings. The number of carbonyl (C=O) groups excluding carboxylic acids is 1. The molecule has 1 aliphatic rings. The number of H-pyrrole nitrogens is 1. The van der Waals surface area contributed by atoms with E-state index in [2.05, 4.69) is 4.98 Å². The van der Waals surface area contributed by atoms with Crippen molar-refractivity contribution in [2.24, 2.45) is 0 Å². The first-order valence-electron chi connectivity index (χ1n) is 5.76. The summed E-state index contributed by atoms with van der Waals surface area (Å²) in [6.45, 7) is 1.01. The Labute approximate surface area is 107 Å². The first-order chi connectivity index (χ1) is 9.01. The summed E-state index contributed by atoms with van der Waals surface area (Å²) in [6.07, 6.45) is -0.508. The fourth-order valence-corrected chi connectivity index (χ4v) is 2.03. The molecule has 2 heterocycles.